The molecule has 1 amide bonds. The Morgan fingerprint density at radius 2 is 1.48 bits per heavy atom. The molecule has 2 rings (SSSR count). The molecule has 0 aliphatic carbocycles. The number of hydrogen-bond donors (Lipinski definition) is 0. The normalized spacial score (nSPS) is 11.9. The van der Waals surface area contributed by atoms with Crippen molar-refractivity contribution in [3.63, 3.8) is 0 Å². The SMILES string of the molecule is CC(Br)CCCC(=O)N(c1ccccc1)c1ccccc1. The first kappa shape index (κ1) is 15.8. The second-order valence-electron chi connectivity index (χ2n) is 5.07. The molecular formula is C18H20BrNO. The van der Waals surface area contributed by atoms with Gasteiger partial charge in [-0.1, -0.05) is 59.3 Å². The molecule has 0 N–H and O–H groups in total. The Hall–Kier alpha value is -1.61. The van der Waals surface area contributed by atoms with Crippen molar-refractivity contribution in [2.45, 2.75) is 31.0 Å². The summed E-state index contributed by atoms with van der Waals surface area (Å²) in [4.78, 5) is 14.9. The van der Waals surface area contributed by atoms with Crippen molar-refractivity contribution in [3.8, 4) is 0 Å². The Morgan fingerprint density at radius 3 is 1.90 bits per heavy atom. The van der Waals surface area contributed by atoms with E-state index in [1.807, 2.05) is 60.7 Å². The molecule has 0 spiro atoms. The van der Waals surface area contributed by atoms with Crippen molar-refractivity contribution >= 4 is 33.2 Å². The quantitative estimate of drug-likeness (QED) is 0.650. The van der Waals surface area contributed by atoms with Crippen LogP contribution in [0.4, 0.5) is 11.4 Å². The Kier molecular flexibility index (Phi) is 6.00. The number of hydrogen-bond acceptors (Lipinski definition) is 1. The van der Waals surface area contributed by atoms with Crippen LogP contribution in [0, 0.1) is 0 Å². The summed E-state index contributed by atoms with van der Waals surface area (Å²) in [5, 5.41) is 0. The van der Waals surface area contributed by atoms with Gasteiger partial charge in [-0.05, 0) is 37.1 Å². The third-order valence-corrected chi connectivity index (χ3v) is 3.73. The number of amides is 1. The fourth-order valence-corrected chi connectivity index (χ4v) is 2.56. The topological polar surface area (TPSA) is 20.3 Å². The maximum atomic E-state index is 12.6. The minimum absolute atomic E-state index is 0.139. The molecule has 0 radical (unpaired) electrons. The number of carbonyl (C=O) groups is 1. The summed E-state index contributed by atoms with van der Waals surface area (Å²) in [6, 6.07) is 19.6. The molecule has 21 heavy (non-hydrogen) atoms. The zero-order chi connectivity index (χ0) is 15.1. The second-order valence-corrected chi connectivity index (χ2v) is 6.64. The summed E-state index contributed by atoms with van der Waals surface area (Å²) in [6.45, 7) is 2.11. The Labute approximate surface area is 134 Å². The third kappa shape index (κ3) is 4.71. The lowest BCUT2D eigenvalue weighted by Crippen LogP contribution is -2.25. The van der Waals surface area contributed by atoms with Gasteiger partial charge in [0.05, 0.1) is 0 Å². The summed E-state index contributed by atoms with van der Waals surface area (Å²) < 4.78 is 0. The zero-order valence-corrected chi connectivity index (χ0v) is 13.8. The first-order valence-corrected chi connectivity index (χ1v) is 8.17. The fourth-order valence-electron chi connectivity index (χ4n) is 2.24. The van der Waals surface area contributed by atoms with Crippen LogP contribution < -0.4 is 4.90 Å². The van der Waals surface area contributed by atoms with Gasteiger partial charge in [0, 0.05) is 22.6 Å². The molecule has 110 valence electrons. The van der Waals surface area contributed by atoms with Gasteiger partial charge in [-0.3, -0.25) is 9.69 Å². The third-order valence-electron chi connectivity index (χ3n) is 3.27. The minimum Gasteiger partial charge on any atom is -0.281 e. The number of para-hydroxylation sites is 2. The Balaban J connectivity index is 2.19. The smallest absolute Gasteiger partial charge is 0.231 e. The van der Waals surface area contributed by atoms with Crippen LogP contribution in [0.25, 0.3) is 0 Å². The summed E-state index contributed by atoms with van der Waals surface area (Å²) >= 11 is 3.53. The maximum absolute atomic E-state index is 12.6. The molecule has 0 saturated carbocycles. The number of carbonyl (C=O) groups excluding carboxylic acids is 1. The van der Waals surface area contributed by atoms with E-state index in [1.54, 1.807) is 4.90 Å². The molecule has 0 bridgehead atoms. The minimum atomic E-state index is 0.139. The Bertz CT molecular complexity index is 514. The molecule has 0 aromatic heterocycles. The lowest BCUT2D eigenvalue weighted by Gasteiger charge is -2.23. The van der Waals surface area contributed by atoms with Crippen LogP contribution in [-0.4, -0.2) is 10.7 Å². The van der Waals surface area contributed by atoms with E-state index in [0.29, 0.717) is 11.2 Å². The number of alkyl halides is 1. The molecule has 2 aromatic carbocycles. The molecule has 0 aliphatic heterocycles. The van der Waals surface area contributed by atoms with Crippen molar-refractivity contribution in [1.29, 1.82) is 0 Å². The molecule has 1 unspecified atom stereocenters. The molecule has 3 heteroatoms. The maximum Gasteiger partial charge on any atom is 0.231 e. The van der Waals surface area contributed by atoms with Crippen molar-refractivity contribution in [2.24, 2.45) is 0 Å². The highest BCUT2D eigenvalue weighted by atomic mass is 79.9. The van der Waals surface area contributed by atoms with Crippen LogP contribution in [0.15, 0.2) is 60.7 Å². The van der Waals surface area contributed by atoms with Gasteiger partial charge in [-0.25, -0.2) is 0 Å². The van der Waals surface area contributed by atoms with E-state index < -0.39 is 0 Å². The second kappa shape index (κ2) is 7.99. The average molecular weight is 346 g/mol. The van der Waals surface area contributed by atoms with Crippen molar-refractivity contribution in [1.82, 2.24) is 0 Å². The zero-order valence-electron chi connectivity index (χ0n) is 12.2. The summed E-state index contributed by atoms with van der Waals surface area (Å²) in [7, 11) is 0. The van der Waals surface area contributed by atoms with E-state index in [1.165, 1.54) is 0 Å². The summed E-state index contributed by atoms with van der Waals surface area (Å²) in [6.07, 6.45) is 2.45. The highest BCUT2D eigenvalue weighted by Gasteiger charge is 2.17. The van der Waals surface area contributed by atoms with Crippen LogP contribution in [0.1, 0.15) is 26.2 Å². The standard InChI is InChI=1S/C18H20BrNO/c1-15(19)9-8-14-18(21)20(16-10-4-2-5-11-16)17-12-6-3-7-13-17/h2-7,10-13,15H,8-9,14H2,1H3. The number of benzene rings is 2. The van der Waals surface area contributed by atoms with Crippen LogP contribution >= 0.6 is 15.9 Å². The van der Waals surface area contributed by atoms with Gasteiger partial charge < -0.3 is 0 Å². The molecule has 0 aliphatic rings. The highest BCUT2D eigenvalue weighted by molar-refractivity contribution is 9.09. The molecule has 0 saturated heterocycles. The molecular weight excluding hydrogens is 326 g/mol. The van der Waals surface area contributed by atoms with Crippen molar-refractivity contribution in [2.75, 3.05) is 4.90 Å². The number of anilines is 2. The van der Waals surface area contributed by atoms with Crippen molar-refractivity contribution < 1.29 is 4.79 Å². The molecule has 0 fully saturated rings. The van der Waals surface area contributed by atoms with Crippen molar-refractivity contribution in [3.05, 3.63) is 60.7 Å². The number of rotatable bonds is 6. The van der Waals surface area contributed by atoms with Crippen LogP contribution in [0.5, 0.6) is 0 Å². The van der Waals surface area contributed by atoms with Gasteiger partial charge in [-0.2, -0.15) is 0 Å². The van der Waals surface area contributed by atoms with Gasteiger partial charge in [0.25, 0.3) is 0 Å². The van der Waals surface area contributed by atoms with E-state index >= 15 is 0 Å². The van der Waals surface area contributed by atoms with Gasteiger partial charge in [-0.15, -0.1) is 0 Å². The predicted octanol–water partition coefficient (Wildman–Crippen LogP) is 5.31. The Morgan fingerprint density at radius 1 is 1.00 bits per heavy atom. The van der Waals surface area contributed by atoms with Crippen LogP contribution in [-0.2, 0) is 4.79 Å². The monoisotopic (exact) mass is 345 g/mol. The first-order valence-electron chi connectivity index (χ1n) is 7.25. The first-order chi connectivity index (χ1) is 10.2. The largest absolute Gasteiger partial charge is 0.281 e. The summed E-state index contributed by atoms with van der Waals surface area (Å²) in [5.74, 6) is 0.139. The number of halogens is 1. The fraction of sp³-hybridized carbons (Fsp3) is 0.278. The average Bonchev–Trinajstić information content (AvgIpc) is 2.49. The van der Waals surface area contributed by atoms with Crippen LogP contribution in [0.2, 0.25) is 0 Å². The highest BCUT2D eigenvalue weighted by Crippen LogP contribution is 2.26. The predicted molar refractivity (Wildman–Crippen MR) is 92.3 cm³/mol. The van der Waals surface area contributed by atoms with E-state index in [0.717, 1.165) is 24.2 Å². The van der Waals surface area contributed by atoms with E-state index in [-0.39, 0.29) is 5.91 Å². The molecule has 2 nitrogen and oxygen atoms in total. The molecule has 1 atom stereocenters. The lowest BCUT2D eigenvalue weighted by molar-refractivity contribution is -0.118. The summed E-state index contributed by atoms with van der Waals surface area (Å²) in [5.41, 5.74) is 1.83. The van der Waals surface area contributed by atoms with Gasteiger partial charge >= 0.3 is 0 Å². The molecule has 2 aromatic rings. The van der Waals surface area contributed by atoms with Crippen LogP contribution in [0.3, 0.4) is 0 Å². The lowest BCUT2D eigenvalue weighted by atomic mass is 10.1. The molecule has 0 heterocycles. The number of nitrogens with zero attached hydrogens (tertiary/aromatic N) is 1. The van der Waals surface area contributed by atoms with Gasteiger partial charge in [0.2, 0.25) is 5.91 Å². The van der Waals surface area contributed by atoms with E-state index in [4.69, 9.17) is 0 Å². The van der Waals surface area contributed by atoms with E-state index in [2.05, 4.69) is 22.9 Å². The van der Waals surface area contributed by atoms with E-state index in [9.17, 15) is 4.79 Å². The van der Waals surface area contributed by atoms with Gasteiger partial charge in [0.15, 0.2) is 0 Å². The van der Waals surface area contributed by atoms with Gasteiger partial charge in [0.1, 0.15) is 0 Å².